The van der Waals surface area contributed by atoms with Gasteiger partial charge in [-0.3, -0.25) is 0 Å². The number of carbonyl (C=O) groups is 1. The molecule has 2 atom stereocenters. The van der Waals surface area contributed by atoms with Gasteiger partial charge in [-0.2, -0.15) is 4.31 Å². The highest BCUT2D eigenvalue weighted by Gasteiger charge is 2.40. The van der Waals surface area contributed by atoms with E-state index >= 15 is 0 Å². The highest BCUT2D eigenvalue weighted by Crippen LogP contribution is 2.40. The Labute approximate surface area is 151 Å². The molecule has 1 aliphatic heterocycles. The average molecular weight is 380 g/mol. The third-order valence-electron chi connectivity index (χ3n) is 4.59. The predicted octanol–water partition coefficient (Wildman–Crippen LogP) is 3.04. The van der Waals surface area contributed by atoms with E-state index in [9.17, 15) is 18.3 Å². The molecule has 0 unspecified atom stereocenters. The van der Waals surface area contributed by atoms with E-state index in [1.54, 1.807) is 24.3 Å². The first-order chi connectivity index (χ1) is 11.9. The van der Waals surface area contributed by atoms with E-state index in [0.717, 1.165) is 6.29 Å². The first-order valence-corrected chi connectivity index (χ1v) is 9.72. The first kappa shape index (κ1) is 17.9. The van der Waals surface area contributed by atoms with Crippen molar-refractivity contribution in [2.45, 2.75) is 17.2 Å². The van der Waals surface area contributed by atoms with Gasteiger partial charge in [0.25, 0.3) is 0 Å². The maximum atomic E-state index is 12.9. The molecular formula is C18H18ClNO4S. The lowest BCUT2D eigenvalue weighted by Gasteiger charge is -2.18. The number of aldehydes is 1. The third kappa shape index (κ3) is 3.56. The maximum Gasteiger partial charge on any atom is 0.243 e. The number of aromatic hydroxyl groups is 1. The summed E-state index contributed by atoms with van der Waals surface area (Å²) in [5.74, 6) is -0.282. The number of phenolic OH excluding ortho intramolecular Hbond substituents is 1. The molecule has 1 N–H and O–H groups in total. The SMILES string of the molecule is O=CC[C@@H]1CN(S(=O)(=O)c2ccc(Cl)cc2)C[C@H]1c1ccccc1O. The second-order valence-corrected chi connectivity index (χ2v) is 8.48. The summed E-state index contributed by atoms with van der Waals surface area (Å²) >= 11 is 5.83. The van der Waals surface area contributed by atoms with Gasteiger partial charge in [0.05, 0.1) is 4.90 Å². The zero-order chi connectivity index (χ0) is 18.0. The smallest absolute Gasteiger partial charge is 0.243 e. The van der Waals surface area contributed by atoms with Crippen LogP contribution in [0.2, 0.25) is 5.02 Å². The Morgan fingerprint density at radius 1 is 1.12 bits per heavy atom. The van der Waals surface area contributed by atoms with Crippen LogP contribution in [0.3, 0.4) is 0 Å². The van der Waals surface area contributed by atoms with Crippen molar-refractivity contribution in [2.75, 3.05) is 13.1 Å². The van der Waals surface area contributed by atoms with Crippen LogP contribution in [-0.4, -0.2) is 37.2 Å². The first-order valence-electron chi connectivity index (χ1n) is 7.90. The number of rotatable bonds is 5. The summed E-state index contributed by atoms with van der Waals surface area (Å²) in [6, 6.07) is 12.9. The second-order valence-electron chi connectivity index (χ2n) is 6.10. The zero-order valence-electron chi connectivity index (χ0n) is 13.4. The normalized spacial score (nSPS) is 21.3. The molecular weight excluding hydrogens is 362 g/mol. The Morgan fingerprint density at radius 2 is 1.80 bits per heavy atom. The summed E-state index contributed by atoms with van der Waals surface area (Å²) in [5, 5.41) is 10.6. The highest BCUT2D eigenvalue weighted by atomic mass is 35.5. The van der Waals surface area contributed by atoms with Crippen molar-refractivity contribution in [3.05, 3.63) is 59.1 Å². The van der Waals surface area contributed by atoms with Crippen LogP contribution >= 0.6 is 11.6 Å². The van der Waals surface area contributed by atoms with E-state index in [1.807, 2.05) is 0 Å². The van der Waals surface area contributed by atoms with Crippen LogP contribution < -0.4 is 0 Å². The molecule has 0 amide bonds. The number of sulfonamides is 1. The van der Waals surface area contributed by atoms with Gasteiger partial charge in [-0.1, -0.05) is 29.8 Å². The van der Waals surface area contributed by atoms with Crippen LogP contribution in [0.1, 0.15) is 17.9 Å². The summed E-state index contributed by atoms with van der Waals surface area (Å²) in [7, 11) is -3.68. The number of halogens is 1. The lowest BCUT2D eigenvalue weighted by atomic mass is 9.87. The van der Waals surface area contributed by atoms with Gasteiger partial charge in [-0.05, 0) is 41.8 Å². The molecule has 7 heteroatoms. The number of nitrogens with zero attached hydrogens (tertiary/aromatic N) is 1. The number of para-hydroxylation sites is 1. The van der Waals surface area contributed by atoms with Gasteiger partial charge in [0.15, 0.2) is 0 Å². The maximum absolute atomic E-state index is 12.9. The molecule has 0 saturated carbocycles. The molecule has 0 aliphatic carbocycles. The van der Waals surface area contributed by atoms with Crippen LogP contribution in [0.5, 0.6) is 5.75 Å². The van der Waals surface area contributed by atoms with E-state index < -0.39 is 10.0 Å². The van der Waals surface area contributed by atoms with Crippen molar-refractivity contribution in [3.63, 3.8) is 0 Å². The van der Waals surface area contributed by atoms with Gasteiger partial charge < -0.3 is 9.90 Å². The minimum atomic E-state index is -3.68. The fourth-order valence-electron chi connectivity index (χ4n) is 3.30. The fourth-order valence-corrected chi connectivity index (χ4v) is 4.95. The molecule has 5 nitrogen and oxygen atoms in total. The minimum absolute atomic E-state index is 0.120. The van der Waals surface area contributed by atoms with E-state index in [-0.39, 0.29) is 42.0 Å². The summed E-state index contributed by atoms with van der Waals surface area (Å²) in [6.45, 7) is 0.462. The van der Waals surface area contributed by atoms with E-state index in [0.29, 0.717) is 10.6 Å². The summed E-state index contributed by atoms with van der Waals surface area (Å²) in [5.41, 5.74) is 0.670. The molecule has 3 rings (SSSR count). The van der Waals surface area contributed by atoms with Crippen LogP contribution in [0.4, 0.5) is 0 Å². The molecule has 0 radical (unpaired) electrons. The standard InChI is InChI=1S/C18H18ClNO4S/c19-14-5-7-15(8-6-14)25(23,24)20-11-13(9-10-21)17(12-20)16-3-1-2-4-18(16)22/h1-8,10,13,17,22H,9,11-12H2/t13-,17-/m1/s1. The van der Waals surface area contributed by atoms with Crippen molar-refractivity contribution in [1.82, 2.24) is 4.31 Å². The number of hydrogen-bond acceptors (Lipinski definition) is 4. The van der Waals surface area contributed by atoms with E-state index in [1.165, 1.54) is 28.6 Å². The highest BCUT2D eigenvalue weighted by molar-refractivity contribution is 7.89. The van der Waals surface area contributed by atoms with E-state index in [4.69, 9.17) is 11.6 Å². The van der Waals surface area contributed by atoms with Crippen molar-refractivity contribution >= 4 is 27.9 Å². The van der Waals surface area contributed by atoms with Crippen LogP contribution in [0.25, 0.3) is 0 Å². The Bertz CT molecular complexity index is 867. The van der Waals surface area contributed by atoms with E-state index in [2.05, 4.69) is 0 Å². The van der Waals surface area contributed by atoms with Crippen molar-refractivity contribution in [1.29, 1.82) is 0 Å². The van der Waals surface area contributed by atoms with Gasteiger partial charge in [0.1, 0.15) is 12.0 Å². The zero-order valence-corrected chi connectivity index (χ0v) is 14.9. The van der Waals surface area contributed by atoms with Gasteiger partial charge in [0.2, 0.25) is 10.0 Å². The van der Waals surface area contributed by atoms with Gasteiger partial charge in [-0.15, -0.1) is 0 Å². The van der Waals surface area contributed by atoms with Gasteiger partial charge in [-0.25, -0.2) is 8.42 Å². The Morgan fingerprint density at radius 3 is 2.44 bits per heavy atom. The number of phenols is 1. The fraction of sp³-hybridized carbons (Fsp3) is 0.278. The Hall–Kier alpha value is -1.89. The monoisotopic (exact) mass is 379 g/mol. The number of benzene rings is 2. The summed E-state index contributed by atoms with van der Waals surface area (Å²) in [4.78, 5) is 11.2. The molecule has 0 bridgehead atoms. The van der Waals surface area contributed by atoms with Crippen molar-refractivity contribution in [2.24, 2.45) is 5.92 Å². The molecule has 1 aliphatic rings. The van der Waals surface area contributed by atoms with Gasteiger partial charge in [0, 0.05) is 30.5 Å². The molecule has 1 saturated heterocycles. The van der Waals surface area contributed by atoms with Crippen LogP contribution in [0.15, 0.2) is 53.4 Å². The second kappa shape index (κ2) is 7.15. The molecule has 132 valence electrons. The summed E-state index contributed by atoms with van der Waals surface area (Å²) in [6.07, 6.45) is 1.04. The lowest BCUT2D eigenvalue weighted by Crippen LogP contribution is -2.29. The Kier molecular flexibility index (Phi) is 5.13. The third-order valence-corrected chi connectivity index (χ3v) is 6.69. The van der Waals surface area contributed by atoms with Crippen molar-refractivity contribution in [3.8, 4) is 5.75 Å². The van der Waals surface area contributed by atoms with Gasteiger partial charge >= 0.3 is 0 Å². The topological polar surface area (TPSA) is 74.7 Å². The molecule has 25 heavy (non-hydrogen) atoms. The number of carbonyl (C=O) groups excluding carboxylic acids is 1. The number of hydrogen-bond donors (Lipinski definition) is 1. The lowest BCUT2D eigenvalue weighted by molar-refractivity contribution is -0.108. The molecule has 2 aromatic carbocycles. The molecule has 1 heterocycles. The van der Waals surface area contributed by atoms with Crippen molar-refractivity contribution < 1.29 is 18.3 Å². The summed E-state index contributed by atoms with van der Waals surface area (Å²) < 4.78 is 27.2. The predicted molar refractivity (Wildman–Crippen MR) is 95.2 cm³/mol. The molecule has 1 fully saturated rings. The molecule has 2 aromatic rings. The quantitative estimate of drug-likeness (QED) is 0.810. The molecule has 0 aromatic heterocycles. The molecule has 0 spiro atoms. The Balaban J connectivity index is 1.93. The largest absolute Gasteiger partial charge is 0.508 e. The van der Waals surface area contributed by atoms with Crippen LogP contribution in [0, 0.1) is 5.92 Å². The minimum Gasteiger partial charge on any atom is -0.508 e. The van der Waals surface area contributed by atoms with Crippen LogP contribution in [-0.2, 0) is 14.8 Å². The average Bonchev–Trinajstić information content (AvgIpc) is 3.01.